The van der Waals surface area contributed by atoms with Crippen molar-refractivity contribution in [1.29, 1.82) is 0 Å². The maximum absolute atomic E-state index is 13.7. The zero-order valence-electron chi connectivity index (χ0n) is 20.3. The average molecular weight is 620 g/mol. The Morgan fingerprint density at radius 2 is 1.50 bits per heavy atom. The molecule has 0 aliphatic heterocycles. The van der Waals surface area contributed by atoms with Crippen LogP contribution in [0.4, 0.5) is 5.69 Å². The molecule has 36 heavy (non-hydrogen) atoms. The Labute approximate surface area is 226 Å². The van der Waals surface area contributed by atoms with Crippen LogP contribution in [0.3, 0.4) is 0 Å². The number of rotatable bonds is 11. The summed E-state index contributed by atoms with van der Waals surface area (Å²) in [7, 11) is -4.05. The minimum Gasteiger partial charge on any atom is -0.354 e. The number of sulfonamides is 1. The number of nitrogens with zero attached hydrogens (tertiary/aromatic N) is 2. The number of carbonyl (C=O) groups is 2. The molecule has 190 valence electrons. The van der Waals surface area contributed by atoms with Gasteiger partial charge in [0.15, 0.2) is 0 Å². The van der Waals surface area contributed by atoms with E-state index in [0.29, 0.717) is 12.2 Å². The molecule has 1 N–H and O–H groups in total. The van der Waals surface area contributed by atoms with Gasteiger partial charge in [0.05, 0.1) is 10.6 Å². The third-order valence-corrected chi connectivity index (χ3v) is 8.14. The van der Waals surface area contributed by atoms with Crippen LogP contribution in [0.1, 0.15) is 25.8 Å². The van der Waals surface area contributed by atoms with Crippen molar-refractivity contribution in [3.05, 3.63) is 94.1 Å². The first-order valence-corrected chi connectivity index (χ1v) is 14.2. The highest BCUT2D eigenvalue weighted by Crippen LogP contribution is 2.25. The lowest BCUT2D eigenvalue weighted by Gasteiger charge is -2.32. The van der Waals surface area contributed by atoms with Gasteiger partial charge in [-0.2, -0.15) is 0 Å². The van der Waals surface area contributed by atoms with Crippen molar-refractivity contribution in [3.63, 3.8) is 0 Å². The standard InChI is InChI=1S/C27H30IN3O4S/c1-3-18-29-27(33)21(2)30(19-22-10-6-4-7-11-22)26(32)20-31(24-16-14-23(28)15-17-24)36(34,35)25-12-8-5-9-13-25/h4-17,21H,3,18-20H2,1-2H3,(H,29,33). The van der Waals surface area contributed by atoms with Gasteiger partial charge in [-0.3, -0.25) is 13.9 Å². The summed E-state index contributed by atoms with van der Waals surface area (Å²) in [4.78, 5) is 28.1. The Morgan fingerprint density at radius 1 is 0.917 bits per heavy atom. The van der Waals surface area contributed by atoms with Crippen molar-refractivity contribution in [1.82, 2.24) is 10.2 Å². The van der Waals surface area contributed by atoms with Crippen LogP contribution in [0, 0.1) is 3.57 Å². The lowest BCUT2D eigenvalue weighted by atomic mass is 10.1. The number of amides is 2. The Morgan fingerprint density at radius 3 is 2.08 bits per heavy atom. The van der Waals surface area contributed by atoms with Gasteiger partial charge in [0, 0.05) is 16.7 Å². The minimum absolute atomic E-state index is 0.0831. The molecule has 1 unspecified atom stereocenters. The summed E-state index contributed by atoms with van der Waals surface area (Å²) in [6, 6.07) is 23.5. The fourth-order valence-corrected chi connectivity index (χ4v) is 5.41. The molecule has 0 heterocycles. The summed E-state index contributed by atoms with van der Waals surface area (Å²) < 4.78 is 29.3. The fraction of sp³-hybridized carbons (Fsp3) is 0.259. The highest BCUT2D eigenvalue weighted by Gasteiger charge is 2.32. The highest BCUT2D eigenvalue weighted by molar-refractivity contribution is 14.1. The van der Waals surface area contributed by atoms with E-state index in [2.05, 4.69) is 27.9 Å². The van der Waals surface area contributed by atoms with Crippen LogP contribution in [0.15, 0.2) is 89.8 Å². The van der Waals surface area contributed by atoms with E-state index in [0.717, 1.165) is 19.9 Å². The zero-order chi connectivity index (χ0) is 26.1. The molecule has 9 heteroatoms. The first-order chi connectivity index (χ1) is 17.2. The molecule has 0 fully saturated rings. The van der Waals surface area contributed by atoms with Gasteiger partial charge in [-0.15, -0.1) is 0 Å². The average Bonchev–Trinajstić information content (AvgIpc) is 2.90. The predicted molar refractivity (Wildman–Crippen MR) is 150 cm³/mol. The van der Waals surface area contributed by atoms with E-state index in [-0.39, 0.29) is 17.3 Å². The summed E-state index contributed by atoms with van der Waals surface area (Å²) in [6.45, 7) is 3.83. The fourth-order valence-electron chi connectivity index (χ4n) is 3.61. The molecule has 0 aliphatic carbocycles. The summed E-state index contributed by atoms with van der Waals surface area (Å²) in [5, 5.41) is 2.84. The molecule has 0 bridgehead atoms. The van der Waals surface area contributed by atoms with Crippen molar-refractivity contribution < 1.29 is 18.0 Å². The first-order valence-electron chi connectivity index (χ1n) is 11.7. The lowest BCUT2D eigenvalue weighted by molar-refractivity contribution is -0.139. The molecule has 0 aliphatic rings. The topological polar surface area (TPSA) is 86.8 Å². The molecule has 0 saturated carbocycles. The molecule has 0 radical (unpaired) electrons. The molecular formula is C27H30IN3O4S. The maximum atomic E-state index is 13.7. The summed E-state index contributed by atoms with van der Waals surface area (Å²) >= 11 is 2.14. The highest BCUT2D eigenvalue weighted by atomic mass is 127. The number of hydrogen-bond donors (Lipinski definition) is 1. The number of carbonyl (C=O) groups excluding carboxylic acids is 2. The van der Waals surface area contributed by atoms with E-state index in [1.54, 1.807) is 49.4 Å². The summed E-state index contributed by atoms with van der Waals surface area (Å²) in [5.41, 5.74) is 1.21. The van der Waals surface area contributed by atoms with E-state index in [1.807, 2.05) is 37.3 Å². The Kier molecular flexibility index (Phi) is 9.89. The molecule has 1 atom stereocenters. The molecule has 7 nitrogen and oxygen atoms in total. The Hall–Kier alpha value is -2.92. The molecule has 0 saturated heterocycles. The second-order valence-corrected chi connectivity index (χ2v) is 11.4. The number of halogens is 1. The third-order valence-electron chi connectivity index (χ3n) is 5.64. The van der Waals surface area contributed by atoms with E-state index < -0.39 is 28.5 Å². The quantitative estimate of drug-likeness (QED) is 0.322. The van der Waals surface area contributed by atoms with Gasteiger partial charge >= 0.3 is 0 Å². The van der Waals surface area contributed by atoms with Gasteiger partial charge in [-0.25, -0.2) is 8.42 Å². The minimum atomic E-state index is -4.05. The monoisotopic (exact) mass is 619 g/mol. The second kappa shape index (κ2) is 12.9. The molecule has 3 rings (SSSR count). The van der Waals surface area contributed by atoms with Crippen molar-refractivity contribution in [2.75, 3.05) is 17.4 Å². The Bertz CT molecular complexity index is 1250. The largest absolute Gasteiger partial charge is 0.354 e. The van der Waals surface area contributed by atoms with Gasteiger partial charge in [0.25, 0.3) is 10.0 Å². The van der Waals surface area contributed by atoms with Crippen LogP contribution in [0.2, 0.25) is 0 Å². The third kappa shape index (κ3) is 7.07. The smallest absolute Gasteiger partial charge is 0.264 e. The molecule has 3 aromatic carbocycles. The number of nitrogens with one attached hydrogen (secondary N) is 1. The maximum Gasteiger partial charge on any atom is 0.264 e. The van der Waals surface area contributed by atoms with Crippen LogP contribution >= 0.6 is 22.6 Å². The van der Waals surface area contributed by atoms with Gasteiger partial charge in [-0.1, -0.05) is 55.5 Å². The van der Waals surface area contributed by atoms with Crippen molar-refractivity contribution in [2.24, 2.45) is 0 Å². The van der Waals surface area contributed by atoms with Gasteiger partial charge in [0.2, 0.25) is 11.8 Å². The van der Waals surface area contributed by atoms with E-state index in [1.165, 1.54) is 17.0 Å². The van der Waals surface area contributed by atoms with E-state index in [4.69, 9.17) is 0 Å². The normalized spacial score (nSPS) is 12.0. The summed E-state index contributed by atoms with van der Waals surface area (Å²) in [5.74, 6) is -0.760. The van der Waals surface area contributed by atoms with Gasteiger partial charge in [0.1, 0.15) is 12.6 Å². The van der Waals surface area contributed by atoms with Crippen molar-refractivity contribution in [2.45, 2.75) is 37.8 Å². The van der Waals surface area contributed by atoms with Crippen LogP contribution in [-0.2, 0) is 26.2 Å². The van der Waals surface area contributed by atoms with Crippen LogP contribution in [-0.4, -0.2) is 44.3 Å². The van der Waals surface area contributed by atoms with Crippen molar-refractivity contribution in [3.8, 4) is 0 Å². The van der Waals surface area contributed by atoms with E-state index >= 15 is 0 Å². The molecule has 0 spiro atoms. The Balaban J connectivity index is 1.98. The molecular weight excluding hydrogens is 589 g/mol. The predicted octanol–water partition coefficient (Wildman–Crippen LogP) is 4.43. The van der Waals surface area contributed by atoms with Crippen LogP contribution < -0.4 is 9.62 Å². The summed E-state index contributed by atoms with van der Waals surface area (Å²) in [6.07, 6.45) is 0.765. The molecule has 3 aromatic rings. The first kappa shape index (κ1) is 27.7. The lowest BCUT2D eigenvalue weighted by Crippen LogP contribution is -2.51. The van der Waals surface area contributed by atoms with Crippen LogP contribution in [0.25, 0.3) is 0 Å². The van der Waals surface area contributed by atoms with Crippen LogP contribution in [0.5, 0.6) is 0 Å². The zero-order valence-corrected chi connectivity index (χ0v) is 23.3. The number of benzene rings is 3. The van der Waals surface area contributed by atoms with E-state index in [9.17, 15) is 18.0 Å². The molecule has 0 aromatic heterocycles. The number of hydrogen-bond acceptors (Lipinski definition) is 4. The number of anilines is 1. The van der Waals surface area contributed by atoms with Crippen molar-refractivity contribution >= 4 is 50.1 Å². The van der Waals surface area contributed by atoms with Gasteiger partial charge < -0.3 is 10.2 Å². The SMILES string of the molecule is CCCNC(=O)C(C)N(Cc1ccccc1)C(=O)CN(c1ccc(I)cc1)S(=O)(=O)c1ccccc1. The van der Waals surface area contributed by atoms with Gasteiger partial charge in [-0.05, 0) is 77.9 Å². The second-order valence-electron chi connectivity index (χ2n) is 8.28. The molecule has 2 amide bonds.